The largest absolute Gasteiger partial charge is 0.384 e. The van der Waals surface area contributed by atoms with Gasteiger partial charge in [0.1, 0.15) is 11.9 Å². The summed E-state index contributed by atoms with van der Waals surface area (Å²) in [5.41, 5.74) is 8.34. The summed E-state index contributed by atoms with van der Waals surface area (Å²) in [7, 11) is 0. The van der Waals surface area contributed by atoms with Gasteiger partial charge in [0.2, 0.25) is 5.91 Å². The lowest BCUT2D eigenvalue weighted by Gasteiger charge is -2.27. The second-order valence-corrected chi connectivity index (χ2v) is 4.98. The molecule has 1 aliphatic rings. The topological polar surface area (TPSA) is 84.3 Å². The van der Waals surface area contributed by atoms with Gasteiger partial charge in [-0.15, -0.1) is 0 Å². The van der Waals surface area contributed by atoms with E-state index in [0.29, 0.717) is 50.7 Å². The summed E-state index contributed by atoms with van der Waals surface area (Å²) in [6.07, 6.45) is 0.393. The highest BCUT2D eigenvalue weighted by Gasteiger charge is 2.19. The summed E-state index contributed by atoms with van der Waals surface area (Å²) in [5.74, 6) is 0.564. The average Bonchev–Trinajstić information content (AvgIpc) is 2.68. The third kappa shape index (κ3) is 2.63. The number of nitrogens with zero attached hydrogens (tertiary/aromatic N) is 3. The molecule has 0 aromatic carbocycles. The molecule has 108 valence electrons. The van der Waals surface area contributed by atoms with Gasteiger partial charge >= 0.3 is 0 Å². The molecule has 20 heavy (non-hydrogen) atoms. The van der Waals surface area contributed by atoms with Crippen LogP contribution in [0, 0.1) is 25.2 Å². The first-order valence-corrected chi connectivity index (χ1v) is 6.77. The van der Waals surface area contributed by atoms with Crippen molar-refractivity contribution >= 4 is 11.7 Å². The van der Waals surface area contributed by atoms with Gasteiger partial charge in [-0.25, -0.2) is 0 Å². The zero-order chi connectivity index (χ0) is 14.7. The van der Waals surface area contributed by atoms with Gasteiger partial charge in [-0.3, -0.25) is 4.79 Å². The van der Waals surface area contributed by atoms with Crippen LogP contribution in [-0.2, 0) is 16.1 Å². The number of aromatic nitrogens is 1. The lowest BCUT2D eigenvalue weighted by Crippen LogP contribution is -2.41. The van der Waals surface area contributed by atoms with Gasteiger partial charge < -0.3 is 19.9 Å². The highest BCUT2D eigenvalue weighted by atomic mass is 16.5. The summed E-state index contributed by atoms with van der Waals surface area (Å²) in [5, 5.41) is 9.09. The van der Waals surface area contributed by atoms with Crippen molar-refractivity contribution in [3.05, 3.63) is 16.8 Å². The van der Waals surface area contributed by atoms with E-state index in [1.807, 2.05) is 23.3 Å². The first kappa shape index (κ1) is 14.4. The van der Waals surface area contributed by atoms with E-state index < -0.39 is 0 Å². The molecule has 0 atom stereocenters. The van der Waals surface area contributed by atoms with Crippen LogP contribution in [0.25, 0.3) is 0 Å². The van der Waals surface area contributed by atoms with Crippen LogP contribution in [0.5, 0.6) is 0 Å². The normalized spacial score (nSPS) is 15.2. The zero-order valence-electron chi connectivity index (χ0n) is 12.0. The Hall–Kier alpha value is -2.00. The molecule has 1 fully saturated rings. The molecule has 1 amide bonds. The monoisotopic (exact) mass is 276 g/mol. The summed E-state index contributed by atoms with van der Waals surface area (Å²) < 4.78 is 7.08. The molecule has 2 rings (SSSR count). The predicted molar refractivity (Wildman–Crippen MR) is 75.0 cm³/mol. The first-order valence-electron chi connectivity index (χ1n) is 6.77. The molecule has 2 N–H and O–H groups in total. The highest BCUT2D eigenvalue weighted by Crippen LogP contribution is 2.23. The van der Waals surface area contributed by atoms with Crippen molar-refractivity contribution < 1.29 is 9.53 Å². The van der Waals surface area contributed by atoms with E-state index in [-0.39, 0.29) is 5.91 Å². The number of nitrogens with two attached hydrogens (primary N) is 1. The number of rotatable bonds is 3. The molecule has 2 heterocycles. The minimum absolute atomic E-state index is 0.108. The Kier molecular flexibility index (Phi) is 4.30. The molecular weight excluding hydrogens is 256 g/mol. The molecule has 1 aromatic rings. The molecule has 0 aliphatic carbocycles. The lowest BCUT2D eigenvalue weighted by atomic mass is 10.2. The van der Waals surface area contributed by atoms with Crippen LogP contribution in [0.15, 0.2) is 0 Å². The first-order chi connectivity index (χ1) is 9.56. The highest BCUT2D eigenvalue weighted by molar-refractivity contribution is 5.76. The van der Waals surface area contributed by atoms with Gasteiger partial charge in [0, 0.05) is 31.7 Å². The molecule has 6 nitrogen and oxygen atoms in total. The Labute approximate surface area is 118 Å². The Morgan fingerprint density at radius 3 is 2.60 bits per heavy atom. The molecule has 0 bridgehead atoms. The van der Waals surface area contributed by atoms with E-state index in [0.717, 1.165) is 11.3 Å². The molecule has 0 radical (unpaired) electrons. The number of nitriles is 1. The summed E-state index contributed by atoms with van der Waals surface area (Å²) in [4.78, 5) is 13.9. The van der Waals surface area contributed by atoms with Gasteiger partial charge in [0.25, 0.3) is 0 Å². The van der Waals surface area contributed by atoms with Crippen molar-refractivity contribution in [3.8, 4) is 6.07 Å². The molecule has 0 unspecified atom stereocenters. The Morgan fingerprint density at radius 1 is 1.40 bits per heavy atom. The molecule has 1 aliphatic heterocycles. The van der Waals surface area contributed by atoms with Crippen LogP contribution in [-0.4, -0.2) is 41.7 Å². The number of carbonyl (C=O) groups excluding carboxylic acids is 1. The van der Waals surface area contributed by atoms with Crippen molar-refractivity contribution in [1.29, 1.82) is 5.26 Å². The zero-order valence-corrected chi connectivity index (χ0v) is 12.0. The number of hydrogen-bond donors (Lipinski definition) is 1. The Morgan fingerprint density at radius 2 is 2.05 bits per heavy atom. The number of hydrogen-bond acceptors (Lipinski definition) is 4. The minimum Gasteiger partial charge on any atom is -0.384 e. The van der Waals surface area contributed by atoms with Crippen LogP contribution in [0.3, 0.4) is 0 Å². The van der Waals surface area contributed by atoms with Crippen LogP contribution in [0.2, 0.25) is 0 Å². The smallest absolute Gasteiger partial charge is 0.224 e. The van der Waals surface area contributed by atoms with E-state index in [4.69, 9.17) is 15.7 Å². The summed E-state index contributed by atoms with van der Waals surface area (Å²) in [6, 6.07) is 2.12. The van der Waals surface area contributed by atoms with Gasteiger partial charge in [-0.2, -0.15) is 5.26 Å². The van der Waals surface area contributed by atoms with E-state index in [1.165, 1.54) is 0 Å². The van der Waals surface area contributed by atoms with E-state index in [2.05, 4.69) is 6.07 Å². The summed E-state index contributed by atoms with van der Waals surface area (Å²) in [6.45, 7) is 6.83. The van der Waals surface area contributed by atoms with Crippen molar-refractivity contribution in [3.63, 3.8) is 0 Å². The summed E-state index contributed by atoms with van der Waals surface area (Å²) >= 11 is 0. The predicted octanol–water partition coefficient (Wildman–Crippen LogP) is 0.808. The lowest BCUT2D eigenvalue weighted by molar-refractivity contribution is -0.135. The third-order valence-electron chi connectivity index (χ3n) is 3.89. The van der Waals surface area contributed by atoms with Crippen molar-refractivity contribution in [2.45, 2.75) is 26.8 Å². The van der Waals surface area contributed by atoms with Gasteiger partial charge in [-0.1, -0.05) is 0 Å². The van der Waals surface area contributed by atoms with Crippen LogP contribution >= 0.6 is 0 Å². The Bertz CT molecular complexity index is 551. The fourth-order valence-corrected chi connectivity index (χ4v) is 2.50. The van der Waals surface area contributed by atoms with Crippen molar-refractivity contribution in [2.75, 3.05) is 32.0 Å². The third-order valence-corrected chi connectivity index (χ3v) is 3.89. The van der Waals surface area contributed by atoms with Crippen LogP contribution in [0.1, 0.15) is 23.2 Å². The maximum Gasteiger partial charge on any atom is 0.224 e. The number of ether oxygens (including phenoxy) is 1. The van der Waals surface area contributed by atoms with E-state index in [1.54, 1.807) is 0 Å². The van der Waals surface area contributed by atoms with Gasteiger partial charge in [0.15, 0.2) is 0 Å². The van der Waals surface area contributed by atoms with Crippen LogP contribution < -0.4 is 5.73 Å². The molecule has 6 heteroatoms. The fraction of sp³-hybridized carbons (Fsp3) is 0.571. The molecular formula is C14H20N4O2. The number of carbonyl (C=O) groups is 1. The number of morpholine rings is 1. The fourth-order valence-electron chi connectivity index (χ4n) is 2.50. The standard InChI is InChI=1S/C14H20N4O2/c1-10-11(2)18(14(16)12(10)9-15)4-3-13(19)17-5-7-20-8-6-17/h3-8,16H2,1-2H3. The molecule has 0 spiro atoms. The second kappa shape index (κ2) is 5.97. The molecule has 0 saturated carbocycles. The molecule has 1 saturated heterocycles. The van der Waals surface area contributed by atoms with Crippen molar-refractivity contribution in [2.24, 2.45) is 0 Å². The quantitative estimate of drug-likeness (QED) is 0.885. The number of amides is 1. The maximum atomic E-state index is 12.1. The maximum absolute atomic E-state index is 12.1. The molecule has 1 aromatic heterocycles. The second-order valence-electron chi connectivity index (χ2n) is 4.98. The van der Waals surface area contributed by atoms with E-state index >= 15 is 0 Å². The average molecular weight is 276 g/mol. The van der Waals surface area contributed by atoms with E-state index in [9.17, 15) is 4.79 Å². The minimum atomic E-state index is 0.108. The number of nitrogen functional groups attached to an aromatic ring is 1. The SMILES string of the molecule is Cc1c(C#N)c(N)n(CCC(=O)N2CCOCC2)c1C. The Balaban J connectivity index is 2.04. The van der Waals surface area contributed by atoms with Gasteiger partial charge in [0.05, 0.1) is 18.8 Å². The number of anilines is 1. The van der Waals surface area contributed by atoms with Crippen molar-refractivity contribution in [1.82, 2.24) is 9.47 Å². The van der Waals surface area contributed by atoms with Crippen LogP contribution in [0.4, 0.5) is 5.82 Å². The van der Waals surface area contributed by atoms with Gasteiger partial charge in [-0.05, 0) is 19.4 Å².